The van der Waals surface area contributed by atoms with Crippen molar-refractivity contribution in [2.75, 3.05) is 0 Å². The number of nitrogens with one attached hydrogen (secondary N) is 1. The highest BCUT2D eigenvalue weighted by Gasteiger charge is 2.39. The molecule has 1 saturated heterocycles. The van der Waals surface area contributed by atoms with E-state index in [2.05, 4.69) is 5.32 Å². The number of hydrogen-bond acceptors (Lipinski definition) is 3. The number of benzene rings is 1. The highest BCUT2D eigenvalue weighted by atomic mass is 19.1. The molecule has 3 rings (SSSR count). The Morgan fingerprint density at radius 3 is 2.55 bits per heavy atom. The van der Waals surface area contributed by atoms with Crippen LogP contribution in [-0.4, -0.2) is 28.7 Å². The first-order valence-corrected chi connectivity index (χ1v) is 7.41. The highest BCUT2D eigenvalue weighted by Crippen LogP contribution is 2.30. The summed E-state index contributed by atoms with van der Waals surface area (Å²) in [6, 6.07) is 1.92. The molecule has 3 amide bonds. The van der Waals surface area contributed by atoms with Crippen LogP contribution < -0.4 is 5.32 Å². The van der Waals surface area contributed by atoms with Crippen LogP contribution in [0.25, 0.3) is 0 Å². The summed E-state index contributed by atoms with van der Waals surface area (Å²) in [5.74, 6) is -1.59. The Bertz CT molecular complexity index is 643. The van der Waals surface area contributed by atoms with Crippen LogP contribution in [0.4, 0.5) is 4.39 Å². The third-order valence-electron chi connectivity index (χ3n) is 3.84. The van der Waals surface area contributed by atoms with Crippen LogP contribution in [0.15, 0.2) is 12.1 Å². The monoisotopic (exact) mass is 306 g/mol. The molecule has 2 aliphatic rings. The number of rotatable bonds is 1. The molecule has 5 nitrogen and oxygen atoms in total. The van der Waals surface area contributed by atoms with Gasteiger partial charge in [0.2, 0.25) is 11.8 Å². The Labute approximate surface area is 128 Å². The van der Waals surface area contributed by atoms with E-state index in [4.69, 9.17) is 0 Å². The fourth-order valence-electron chi connectivity index (χ4n) is 2.80. The Kier molecular flexibility index (Phi) is 4.59. The number of nitrogens with zero attached hydrogens (tertiary/aromatic N) is 1. The van der Waals surface area contributed by atoms with Gasteiger partial charge < -0.3 is 4.90 Å². The lowest BCUT2D eigenvalue weighted by Crippen LogP contribution is -2.52. The second-order valence-corrected chi connectivity index (χ2v) is 5.15. The van der Waals surface area contributed by atoms with Crippen LogP contribution in [0.2, 0.25) is 0 Å². The lowest BCUT2D eigenvalue weighted by Gasteiger charge is -2.29. The van der Waals surface area contributed by atoms with Gasteiger partial charge in [0, 0.05) is 18.5 Å². The van der Waals surface area contributed by atoms with Crippen LogP contribution in [0, 0.1) is 12.7 Å². The van der Waals surface area contributed by atoms with Gasteiger partial charge in [0.25, 0.3) is 5.91 Å². The fourth-order valence-corrected chi connectivity index (χ4v) is 2.80. The van der Waals surface area contributed by atoms with Crippen molar-refractivity contribution in [2.45, 2.75) is 46.2 Å². The first-order valence-electron chi connectivity index (χ1n) is 7.41. The van der Waals surface area contributed by atoms with Crippen LogP contribution in [-0.2, 0) is 16.1 Å². The van der Waals surface area contributed by atoms with Gasteiger partial charge in [-0.2, -0.15) is 0 Å². The van der Waals surface area contributed by atoms with E-state index in [0.29, 0.717) is 17.5 Å². The number of amides is 3. The zero-order valence-corrected chi connectivity index (χ0v) is 12.9. The van der Waals surface area contributed by atoms with E-state index in [-0.39, 0.29) is 24.8 Å². The third kappa shape index (κ3) is 2.73. The number of imide groups is 1. The molecular weight excluding hydrogens is 287 g/mol. The summed E-state index contributed by atoms with van der Waals surface area (Å²) in [5.41, 5.74) is 1.76. The van der Waals surface area contributed by atoms with Crippen molar-refractivity contribution in [3.63, 3.8) is 0 Å². The summed E-state index contributed by atoms with van der Waals surface area (Å²) in [5, 5.41) is 2.23. The molecule has 2 aliphatic heterocycles. The summed E-state index contributed by atoms with van der Waals surface area (Å²) in [6.07, 6.45) is 0.524. The zero-order valence-electron chi connectivity index (χ0n) is 12.9. The molecule has 1 aromatic rings. The predicted octanol–water partition coefficient (Wildman–Crippen LogP) is 1.92. The number of carbonyl (C=O) groups is 3. The topological polar surface area (TPSA) is 66.5 Å². The molecule has 0 aliphatic carbocycles. The van der Waals surface area contributed by atoms with Gasteiger partial charge in [-0.25, -0.2) is 4.39 Å². The fraction of sp³-hybridized carbons (Fsp3) is 0.438. The first-order chi connectivity index (χ1) is 10.5. The normalized spacial score (nSPS) is 20.3. The lowest BCUT2D eigenvalue weighted by molar-refractivity contribution is -0.136. The molecule has 1 unspecified atom stereocenters. The van der Waals surface area contributed by atoms with Crippen molar-refractivity contribution in [1.82, 2.24) is 10.2 Å². The summed E-state index contributed by atoms with van der Waals surface area (Å²) in [4.78, 5) is 36.7. The van der Waals surface area contributed by atoms with Crippen molar-refractivity contribution in [1.29, 1.82) is 0 Å². The maximum Gasteiger partial charge on any atom is 0.255 e. The molecule has 1 N–H and O–H groups in total. The number of carbonyl (C=O) groups excluding carboxylic acids is 3. The summed E-state index contributed by atoms with van der Waals surface area (Å²) in [6.45, 7) is 6.02. The van der Waals surface area contributed by atoms with E-state index in [0.717, 1.165) is 5.56 Å². The van der Waals surface area contributed by atoms with Gasteiger partial charge in [0.15, 0.2) is 0 Å². The number of piperidine rings is 1. The minimum Gasteiger partial charge on any atom is -0.322 e. The Hall–Kier alpha value is -2.24. The minimum absolute atomic E-state index is 0.212. The number of halogens is 1. The van der Waals surface area contributed by atoms with E-state index in [1.165, 1.54) is 17.0 Å². The van der Waals surface area contributed by atoms with Gasteiger partial charge in [0.05, 0.1) is 0 Å². The quantitative estimate of drug-likeness (QED) is 0.806. The third-order valence-corrected chi connectivity index (χ3v) is 3.84. The maximum atomic E-state index is 13.4. The molecular formula is C16H19FN2O3. The van der Waals surface area contributed by atoms with Gasteiger partial charge in [-0.05, 0) is 36.6 Å². The van der Waals surface area contributed by atoms with Crippen molar-refractivity contribution in [3.8, 4) is 0 Å². The van der Waals surface area contributed by atoms with E-state index in [1.54, 1.807) is 6.92 Å². The van der Waals surface area contributed by atoms with Gasteiger partial charge >= 0.3 is 0 Å². The van der Waals surface area contributed by atoms with Gasteiger partial charge in [-0.3, -0.25) is 19.7 Å². The van der Waals surface area contributed by atoms with Crippen molar-refractivity contribution in [2.24, 2.45) is 0 Å². The summed E-state index contributed by atoms with van der Waals surface area (Å²) >= 11 is 0. The van der Waals surface area contributed by atoms with Crippen molar-refractivity contribution in [3.05, 3.63) is 34.6 Å². The van der Waals surface area contributed by atoms with Crippen LogP contribution in [0.5, 0.6) is 0 Å². The molecule has 0 bridgehead atoms. The second-order valence-electron chi connectivity index (χ2n) is 5.15. The van der Waals surface area contributed by atoms with Gasteiger partial charge in [-0.1, -0.05) is 13.8 Å². The molecule has 2 heterocycles. The average Bonchev–Trinajstić information content (AvgIpc) is 2.79. The molecule has 0 spiro atoms. The smallest absolute Gasteiger partial charge is 0.255 e. The van der Waals surface area contributed by atoms with Crippen molar-refractivity contribution < 1.29 is 18.8 Å². The molecule has 0 radical (unpaired) electrons. The SMILES string of the molecule is CC.Cc1cc(F)cc2c1CN(C1CCC(=O)NC1=O)C2=O. The lowest BCUT2D eigenvalue weighted by atomic mass is 10.0. The molecule has 22 heavy (non-hydrogen) atoms. The molecule has 6 heteroatoms. The molecule has 1 aromatic carbocycles. The van der Waals surface area contributed by atoms with Gasteiger partial charge in [0.1, 0.15) is 11.9 Å². The maximum absolute atomic E-state index is 13.4. The van der Waals surface area contributed by atoms with Crippen LogP contribution >= 0.6 is 0 Å². The molecule has 0 aromatic heterocycles. The number of fused-ring (bicyclic) bond motifs is 1. The highest BCUT2D eigenvalue weighted by molar-refractivity contribution is 6.05. The van der Waals surface area contributed by atoms with E-state index in [1.807, 2.05) is 13.8 Å². The number of hydrogen-bond donors (Lipinski definition) is 1. The molecule has 0 saturated carbocycles. The largest absolute Gasteiger partial charge is 0.322 e. The Balaban J connectivity index is 0.000000847. The molecule has 1 fully saturated rings. The van der Waals surface area contributed by atoms with Crippen LogP contribution in [0.3, 0.4) is 0 Å². The van der Waals surface area contributed by atoms with Crippen LogP contribution in [0.1, 0.15) is 48.2 Å². The minimum atomic E-state index is -0.657. The van der Waals surface area contributed by atoms with Gasteiger partial charge in [-0.15, -0.1) is 0 Å². The van der Waals surface area contributed by atoms with Crippen molar-refractivity contribution >= 4 is 17.7 Å². The second kappa shape index (κ2) is 6.25. The Morgan fingerprint density at radius 2 is 1.91 bits per heavy atom. The molecule has 1 atom stereocenters. The standard InChI is InChI=1S/C14H13FN2O3.C2H6/c1-7-4-8(15)5-9-10(7)6-17(14(9)20)11-2-3-12(18)16-13(11)19;1-2/h4-5,11H,2-3,6H2,1H3,(H,16,18,19);1-2H3. The van der Waals surface area contributed by atoms with E-state index in [9.17, 15) is 18.8 Å². The summed E-state index contributed by atoms with van der Waals surface area (Å²) < 4.78 is 13.4. The molecule has 118 valence electrons. The predicted molar refractivity (Wildman–Crippen MR) is 78.5 cm³/mol. The van der Waals surface area contributed by atoms with E-state index < -0.39 is 17.8 Å². The number of aryl methyl sites for hydroxylation is 1. The summed E-state index contributed by atoms with van der Waals surface area (Å²) in [7, 11) is 0. The zero-order chi connectivity index (χ0) is 16.4. The first kappa shape index (κ1) is 16.1. The Morgan fingerprint density at radius 1 is 1.23 bits per heavy atom. The van der Waals surface area contributed by atoms with E-state index >= 15 is 0 Å². The average molecular weight is 306 g/mol.